The molecule has 0 amide bonds. The van der Waals surface area contributed by atoms with E-state index in [4.69, 9.17) is 4.74 Å². The third kappa shape index (κ3) is 4.71. The van der Waals surface area contributed by atoms with Crippen molar-refractivity contribution in [3.8, 4) is 0 Å². The Balaban J connectivity index is 2.67. The van der Waals surface area contributed by atoms with E-state index in [1.165, 1.54) is 5.56 Å². The fraction of sp³-hybridized carbons (Fsp3) is 0.615. The minimum Gasteiger partial charge on any atom is -0.385 e. The average Bonchev–Trinajstić information content (AvgIpc) is 2.29. The monoisotopic (exact) mass is 237 g/mol. The van der Waals surface area contributed by atoms with Gasteiger partial charge in [0.1, 0.15) is 5.82 Å². The van der Waals surface area contributed by atoms with Gasteiger partial charge in [-0.3, -0.25) is 0 Å². The van der Waals surface area contributed by atoms with Gasteiger partial charge in [0.05, 0.1) is 0 Å². The molecule has 0 aliphatic rings. The standard InChI is InChI=1S/C13H23N3O/c1-11-8-12(10-14-2)9-13(15-11)16(3)6-5-7-17-4/h8-9,14H,5-7,10H2,1-4H3. The first-order valence-electron chi connectivity index (χ1n) is 5.99. The van der Waals surface area contributed by atoms with E-state index >= 15 is 0 Å². The predicted molar refractivity (Wildman–Crippen MR) is 71.5 cm³/mol. The molecule has 4 heteroatoms. The molecular weight excluding hydrogens is 214 g/mol. The quantitative estimate of drug-likeness (QED) is 0.731. The van der Waals surface area contributed by atoms with Crippen LogP contribution in [0.1, 0.15) is 17.7 Å². The van der Waals surface area contributed by atoms with Gasteiger partial charge in [-0.15, -0.1) is 0 Å². The maximum atomic E-state index is 5.06. The number of ether oxygens (including phenoxy) is 1. The van der Waals surface area contributed by atoms with Gasteiger partial charge in [-0.25, -0.2) is 4.98 Å². The summed E-state index contributed by atoms with van der Waals surface area (Å²) in [6.07, 6.45) is 1.02. The second-order valence-corrected chi connectivity index (χ2v) is 4.27. The highest BCUT2D eigenvalue weighted by molar-refractivity contribution is 5.41. The minimum atomic E-state index is 0.791. The number of hydrogen-bond acceptors (Lipinski definition) is 4. The molecule has 1 N–H and O–H groups in total. The van der Waals surface area contributed by atoms with Crippen molar-refractivity contribution in [1.82, 2.24) is 10.3 Å². The predicted octanol–water partition coefficient (Wildman–Crippen LogP) is 1.58. The van der Waals surface area contributed by atoms with E-state index in [0.29, 0.717) is 0 Å². The summed E-state index contributed by atoms with van der Waals surface area (Å²) in [7, 11) is 5.76. The fourth-order valence-corrected chi connectivity index (χ4v) is 1.78. The third-order valence-electron chi connectivity index (χ3n) is 2.61. The number of pyridine rings is 1. The van der Waals surface area contributed by atoms with Crippen LogP contribution in [0.4, 0.5) is 5.82 Å². The molecule has 0 fully saturated rings. The van der Waals surface area contributed by atoms with Crippen molar-refractivity contribution in [2.45, 2.75) is 19.9 Å². The number of methoxy groups -OCH3 is 1. The number of anilines is 1. The number of hydrogen-bond donors (Lipinski definition) is 1. The maximum absolute atomic E-state index is 5.06. The van der Waals surface area contributed by atoms with Gasteiger partial charge in [0.15, 0.2) is 0 Å². The van der Waals surface area contributed by atoms with E-state index in [-0.39, 0.29) is 0 Å². The molecule has 1 aromatic rings. The van der Waals surface area contributed by atoms with E-state index in [1.807, 2.05) is 14.0 Å². The Labute approximate surface area is 104 Å². The highest BCUT2D eigenvalue weighted by Gasteiger charge is 2.04. The van der Waals surface area contributed by atoms with E-state index in [2.05, 4.69) is 34.4 Å². The van der Waals surface area contributed by atoms with E-state index in [0.717, 1.165) is 37.6 Å². The lowest BCUT2D eigenvalue weighted by Crippen LogP contribution is -2.21. The van der Waals surface area contributed by atoms with Crippen molar-refractivity contribution in [2.24, 2.45) is 0 Å². The Morgan fingerprint density at radius 3 is 2.82 bits per heavy atom. The first kappa shape index (κ1) is 13.9. The van der Waals surface area contributed by atoms with Crippen molar-refractivity contribution in [3.63, 3.8) is 0 Å². The fourth-order valence-electron chi connectivity index (χ4n) is 1.78. The summed E-state index contributed by atoms with van der Waals surface area (Å²) >= 11 is 0. The molecular formula is C13H23N3O. The first-order chi connectivity index (χ1) is 8.17. The van der Waals surface area contributed by atoms with Gasteiger partial charge in [-0.1, -0.05) is 0 Å². The van der Waals surface area contributed by atoms with Gasteiger partial charge >= 0.3 is 0 Å². The van der Waals surface area contributed by atoms with Crippen LogP contribution in [-0.2, 0) is 11.3 Å². The van der Waals surface area contributed by atoms with Crippen LogP contribution in [0.5, 0.6) is 0 Å². The number of aromatic nitrogens is 1. The molecule has 0 bridgehead atoms. The molecule has 0 atom stereocenters. The van der Waals surface area contributed by atoms with Crippen LogP contribution in [0.15, 0.2) is 12.1 Å². The van der Waals surface area contributed by atoms with Crippen molar-refractivity contribution in [2.75, 3.05) is 39.3 Å². The summed E-state index contributed by atoms with van der Waals surface area (Å²) in [6.45, 7) is 4.66. The second kappa shape index (κ2) is 7.25. The van der Waals surface area contributed by atoms with Crippen LogP contribution in [0.2, 0.25) is 0 Å². The van der Waals surface area contributed by atoms with Crippen molar-refractivity contribution >= 4 is 5.82 Å². The molecule has 0 saturated carbocycles. The summed E-state index contributed by atoms with van der Waals surface area (Å²) in [5.74, 6) is 1.03. The minimum absolute atomic E-state index is 0.791. The van der Waals surface area contributed by atoms with Gasteiger partial charge in [-0.2, -0.15) is 0 Å². The molecule has 0 unspecified atom stereocenters. The zero-order chi connectivity index (χ0) is 12.7. The van der Waals surface area contributed by atoms with Gasteiger partial charge in [-0.05, 0) is 38.1 Å². The molecule has 96 valence electrons. The van der Waals surface area contributed by atoms with E-state index in [9.17, 15) is 0 Å². The second-order valence-electron chi connectivity index (χ2n) is 4.27. The third-order valence-corrected chi connectivity index (χ3v) is 2.61. The Morgan fingerprint density at radius 2 is 2.18 bits per heavy atom. The molecule has 0 aliphatic carbocycles. The van der Waals surface area contributed by atoms with Crippen molar-refractivity contribution < 1.29 is 4.74 Å². The van der Waals surface area contributed by atoms with E-state index < -0.39 is 0 Å². The zero-order valence-corrected chi connectivity index (χ0v) is 11.3. The molecule has 0 aliphatic heterocycles. The summed E-state index contributed by atoms with van der Waals surface area (Å²) in [4.78, 5) is 6.72. The topological polar surface area (TPSA) is 37.4 Å². The van der Waals surface area contributed by atoms with Crippen LogP contribution in [0, 0.1) is 6.92 Å². The van der Waals surface area contributed by atoms with Gasteiger partial charge in [0, 0.05) is 39.5 Å². The van der Waals surface area contributed by atoms with Crippen LogP contribution in [-0.4, -0.2) is 39.3 Å². The zero-order valence-electron chi connectivity index (χ0n) is 11.3. The summed E-state index contributed by atoms with van der Waals surface area (Å²) < 4.78 is 5.06. The number of nitrogens with one attached hydrogen (secondary N) is 1. The highest BCUT2D eigenvalue weighted by atomic mass is 16.5. The van der Waals surface area contributed by atoms with Crippen LogP contribution in [0.3, 0.4) is 0 Å². The number of nitrogens with zero attached hydrogens (tertiary/aromatic N) is 2. The van der Waals surface area contributed by atoms with Crippen molar-refractivity contribution in [1.29, 1.82) is 0 Å². The van der Waals surface area contributed by atoms with Gasteiger partial charge in [0.25, 0.3) is 0 Å². The summed E-state index contributed by atoms with van der Waals surface area (Å²) in [5.41, 5.74) is 2.33. The molecule has 1 rings (SSSR count). The highest BCUT2D eigenvalue weighted by Crippen LogP contribution is 2.14. The average molecular weight is 237 g/mol. The smallest absolute Gasteiger partial charge is 0.128 e. The van der Waals surface area contributed by atoms with Crippen LogP contribution >= 0.6 is 0 Å². The molecule has 1 aromatic heterocycles. The Morgan fingerprint density at radius 1 is 1.41 bits per heavy atom. The lowest BCUT2D eigenvalue weighted by molar-refractivity contribution is 0.196. The lowest BCUT2D eigenvalue weighted by Gasteiger charge is -2.19. The van der Waals surface area contributed by atoms with Gasteiger partial charge < -0.3 is 15.0 Å². The Bertz CT molecular complexity index is 341. The number of aryl methyl sites for hydroxylation is 1. The molecule has 0 aromatic carbocycles. The lowest BCUT2D eigenvalue weighted by atomic mass is 10.2. The van der Waals surface area contributed by atoms with Crippen LogP contribution in [0.25, 0.3) is 0 Å². The van der Waals surface area contributed by atoms with E-state index in [1.54, 1.807) is 7.11 Å². The Kier molecular flexibility index (Phi) is 5.94. The molecule has 1 heterocycles. The molecule has 17 heavy (non-hydrogen) atoms. The van der Waals surface area contributed by atoms with Gasteiger partial charge in [0.2, 0.25) is 0 Å². The number of rotatable bonds is 7. The molecule has 0 saturated heterocycles. The summed E-state index contributed by atoms with van der Waals surface area (Å²) in [5, 5.41) is 3.16. The van der Waals surface area contributed by atoms with Crippen molar-refractivity contribution in [3.05, 3.63) is 23.4 Å². The summed E-state index contributed by atoms with van der Waals surface area (Å²) in [6, 6.07) is 4.25. The molecule has 0 spiro atoms. The normalized spacial score (nSPS) is 10.6. The van der Waals surface area contributed by atoms with Crippen LogP contribution < -0.4 is 10.2 Å². The largest absolute Gasteiger partial charge is 0.385 e. The Hall–Kier alpha value is -1.13. The maximum Gasteiger partial charge on any atom is 0.128 e. The molecule has 0 radical (unpaired) electrons. The molecule has 4 nitrogen and oxygen atoms in total. The first-order valence-corrected chi connectivity index (χ1v) is 5.99. The SMILES string of the molecule is CNCc1cc(C)nc(N(C)CCCOC)c1.